The first-order valence-electron chi connectivity index (χ1n) is 9.10. The van der Waals surface area contributed by atoms with Gasteiger partial charge in [-0.05, 0) is 29.8 Å². The molecule has 0 spiro atoms. The minimum Gasteiger partial charge on any atom is -0.493 e. The quantitative estimate of drug-likeness (QED) is 0.507. The monoisotopic (exact) mass is 413 g/mol. The summed E-state index contributed by atoms with van der Waals surface area (Å²) in [6.45, 7) is 0.00886. The summed E-state index contributed by atoms with van der Waals surface area (Å²) in [6, 6.07) is 11.1. The van der Waals surface area contributed by atoms with Gasteiger partial charge >= 0.3 is 0 Å². The first-order valence-corrected chi connectivity index (χ1v) is 9.48. The van der Waals surface area contributed by atoms with E-state index in [1.807, 2.05) is 30.3 Å². The van der Waals surface area contributed by atoms with Gasteiger partial charge in [0.05, 0.1) is 37.2 Å². The number of hydrogen-bond acceptors (Lipinski definition) is 5. The average molecular weight is 414 g/mol. The third-order valence-electron chi connectivity index (χ3n) is 4.91. The SMILES string of the molecule is COc1cc2c(cc1OC)-c1c(c(C(=O)NCCO)nn1-c1ccccc1Cl)C2. The van der Waals surface area contributed by atoms with E-state index in [1.54, 1.807) is 25.0 Å². The third-order valence-corrected chi connectivity index (χ3v) is 5.23. The third kappa shape index (κ3) is 3.22. The standard InChI is InChI=1S/C21H20ClN3O4/c1-28-17-10-12-9-14-19(21(27)23-7-8-26)24-25(16-6-4-3-5-15(16)22)20(14)13(12)11-18(17)29-2/h3-6,10-11,26H,7-9H2,1-2H3,(H,23,27). The van der Waals surface area contributed by atoms with Crippen LogP contribution in [0.3, 0.4) is 0 Å². The number of aromatic nitrogens is 2. The number of carbonyl (C=O) groups excluding carboxylic acids is 1. The van der Waals surface area contributed by atoms with Gasteiger partial charge in [0.2, 0.25) is 0 Å². The number of ether oxygens (including phenoxy) is 2. The molecular formula is C21H20ClN3O4. The number of benzene rings is 2. The average Bonchev–Trinajstić information content (AvgIpc) is 3.28. The van der Waals surface area contributed by atoms with Crippen molar-refractivity contribution in [2.75, 3.05) is 27.4 Å². The van der Waals surface area contributed by atoms with Crippen LogP contribution in [0.2, 0.25) is 5.02 Å². The summed E-state index contributed by atoms with van der Waals surface area (Å²) >= 11 is 6.43. The van der Waals surface area contributed by atoms with Gasteiger partial charge in [-0.15, -0.1) is 0 Å². The Labute approximate surface area is 172 Å². The number of methoxy groups -OCH3 is 2. The maximum absolute atomic E-state index is 12.7. The van der Waals surface area contributed by atoms with E-state index in [0.29, 0.717) is 34.3 Å². The molecule has 3 aromatic rings. The fraction of sp³-hybridized carbons (Fsp3) is 0.238. The fourth-order valence-corrected chi connectivity index (χ4v) is 3.82. The van der Waals surface area contributed by atoms with Crippen LogP contribution < -0.4 is 14.8 Å². The molecule has 2 aromatic carbocycles. The van der Waals surface area contributed by atoms with Crippen LogP contribution in [0.1, 0.15) is 21.6 Å². The number of nitrogens with zero attached hydrogens (tertiary/aromatic N) is 2. The number of amides is 1. The van der Waals surface area contributed by atoms with Gasteiger partial charge in [-0.3, -0.25) is 4.79 Å². The van der Waals surface area contributed by atoms with Crippen LogP contribution >= 0.6 is 11.6 Å². The Morgan fingerprint density at radius 3 is 2.66 bits per heavy atom. The Kier molecular flexibility index (Phi) is 5.17. The highest BCUT2D eigenvalue weighted by atomic mass is 35.5. The van der Waals surface area contributed by atoms with Gasteiger partial charge < -0.3 is 19.9 Å². The molecule has 29 heavy (non-hydrogen) atoms. The molecule has 1 heterocycles. The lowest BCUT2D eigenvalue weighted by Gasteiger charge is -2.13. The number of aliphatic hydroxyl groups is 1. The van der Waals surface area contributed by atoms with E-state index in [0.717, 1.165) is 22.4 Å². The molecule has 0 saturated heterocycles. The van der Waals surface area contributed by atoms with Gasteiger partial charge in [-0.2, -0.15) is 5.10 Å². The number of nitrogens with one attached hydrogen (secondary N) is 1. The molecule has 1 aliphatic carbocycles. The van der Waals surface area contributed by atoms with E-state index >= 15 is 0 Å². The normalized spacial score (nSPS) is 11.7. The molecule has 150 valence electrons. The van der Waals surface area contributed by atoms with Gasteiger partial charge in [-0.25, -0.2) is 4.68 Å². The number of para-hydroxylation sites is 1. The molecule has 0 bridgehead atoms. The molecule has 1 amide bonds. The van der Waals surface area contributed by atoms with Gasteiger partial charge in [-0.1, -0.05) is 23.7 Å². The topological polar surface area (TPSA) is 85.6 Å². The maximum atomic E-state index is 12.7. The van der Waals surface area contributed by atoms with Gasteiger partial charge in [0.15, 0.2) is 17.2 Å². The molecule has 0 saturated carbocycles. The summed E-state index contributed by atoms with van der Waals surface area (Å²) in [5.41, 5.74) is 4.49. The number of carbonyl (C=O) groups is 1. The van der Waals surface area contributed by atoms with E-state index < -0.39 is 0 Å². The predicted molar refractivity (Wildman–Crippen MR) is 109 cm³/mol. The van der Waals surface area contributed by atoms with Crippen molar-refractivity contribution in [3.63, 3.8) is 0 Å². The number of aliphatic hydroxyl groups excluding tert-OH is 1. The zero-order chi connectivity index (χ0) is 20.5. The van der Waals surface area contributed by atoms with Gasteiger partial charge in [0.1, 0.15) is 0 Å². The summed E-state index contributed by atoms with van der Waals surface area (Å²) in [6.07, 6.45) is 0.525. The molecule has 2 N–H and O–H groups in total. The van der Waals surface area contributed by atoms with Crippen LogP contribution in [0.15, 0.2) is 36.4 Å². The highest BCUT2D eigenvalue weighted by Crippen LogP contribution is 2.45. The first-order chi connectivity index (χ1) is 14.1. The Hall–Kier alpha value is -3.03. The van der Waals surface area contributed by atoms with Crippen molar-refractivity contribution in [3.8, 4) is 28.4 Å². The molecule has 1 aromatic heterocycles. The summed E-state index contributed by atoms with van der Waals surface area (Å²) in [5.74, 6) is 0.880. The summed E-state index contributed by atoms with van der Waals surface area (Å²) in [4.78, 5) is 12.7. The second-order valence-electron chi connectivity index (χ2n) is 6.56. The Morgan fingerprint density at radius 1 is 1.24 bits per heavy atom. The predicted octanol–water partition coefficient (Wildman–Crippen LogP) is 2.84. The number of fused-ring (bicyclic) bond motifs is 3. The number of halogens is 1. The van der Waals surface area contributed by atoms with Crippen molar-refractivity contribution >= 4 is 17.5 Å². The minimum absolute atomic E-state index is 0.145. The number of rotatable bonds is 6. The van der Waals surface area contributed by atoms with E-state index in [1.165, 1.54) is 0 Å². The van der Waals surface area contributed by atoms with E-state index in [4.69, 9.17) is 26.2 Å². The summed E-state index contributed by atoms with van der Waals surface area (Å²) in [7, 11) is 3.17. The molecule has 7 nitrogen and oxygen atoms in total. The van der Waals surface area contributed by atoms with Crippen LogP contribution in [0.4, 0.5) is 0 Å². The Morgan fingerprint density at radius 2 is 1.97 bits per heavy atom. The highest BCUT2D eigenvalue weighted by molar-refractivity contribution is 6.32. The van der Waals surface area contributed by atoms with Crippen LogP contribution in [0.5, 0.6) is 11.5 Å². The number of hydrogen-bond donors (Lipinski definition) is 2. The molecule has 1 aliphatic rings. The van der Waals surface area contributed by atoms with Crippen LogP contribution in [0, 0.1) is 0 Å². The van der Waals surface area contributed by atoms with Crippen molar-refractivity contribution in [1.82, 2.24) is 15.1 Å². The second-order valence-corrected chi connectivity index (χ2v) is 6.97. The molecular weight excluding hydrogens is 394 g/mol. The highest BCUT2D eigenvalue weighted by Gasteiger charge is 2.32. The summed E-state index contributed by atoms with van der Waals surface area (Å²) in [5, 5.41) is 16.8. The largest absolute Gasteiger partial charge is 0.493 e. The molecule has 4 rings (SSSR count). The fourth-order valence-electron chi connectivity index (χ4n) is 3.61. The van der Waals surface area contributed by atoms with Crippen LogP contribution in [-0.4, -0.2) is 48.2 Å². The van der Waals surface area contributed by atoms with Crippen LogP contribution in [0.25, 0.3) is 16.9 Å². The Balaban J connectivity index is 1.94. The first kappa shape index (κ1) is 19.3. The molecule has 8 heteroatoms. The minimum atomic E-state index is -0.340. The second kappa shape index (κ2) is 7.77. The van der Waals surface area contributed by atoms with Gasteiger partial charge in [0, 0.05) is 24.1 Å². The molecule has 0 aliphatic heterocycles. The lowest BCUT2D eigenvalue weighted by atomic mass is 10.1. The summed E-state index contributed by atoms with van der Waals surface area (Å²) < 4.78 is 12.6. The van der Waals surface area contributed by atoms with Crippen molar-refractivity contribution in [2.45, 2.75) is 6.42 Å². The van der Waals surface area contributed by atoms with E-state index in [9.17, 15) is 4.79 Å². The van der Waals surface area contributed by atoms with Crippen molar-refractivity contribution in [3.05, 3.63) is 58.2 Å². The zero-order valence-corrected chi connectivity index (χ0v) is 16.8. The molecule has 0 fully saturated rings. The van der Waals surface area contributed by atoms with Crippen molar-refractivity contribution in [2.24, 2.45) is 0 Å². The van der Waals surface area contributed by atoms with Crippen molar-refractivity contribution < 1.29 is 19.4 Å². The Bertz CT molecular complexity index is 1090. The maximum Gasteiger partial charge on any atom is 0.272 e. The zero-order valence-electron chi connectivity index (χ0n) is 16.0. The van der Waals surface area contributed by atoms with E-state index in [-0.39, 0.29) is 19.1 Å². The molecule has 0 unspecified atom stereocenters. The van der Waals surface area contributed by atoms with E-state index in [2.05, 4.69) is 10.4 Å². The van der Waals surface area contributed by atoms with Gasteiger partial charge in [0.25, 0.3) is 5.91 Å². The lowest BCUT2D eigenvalue weighted by Crippen LogP contribution is -2.27. The van der Waals surface area contributed by atoms with Crippen LogP contribution in [-0.2, 0) is 6.42 Å². The smallest absolute Gasteiger partial charge is 0.272 e. The lowest BCUT2D eigenvalue weighted by molar-refractivity contribution is 0.0938. The molecule has 0 atom stereocenters. The van der Waals surface area contributed by atoms with Crippen molar-refractivity contribution in [1.29, 1.82) is 0 Å². The molecule has 0 radical (unpaired) electrons.